The lowest BCUT2D eigenvalue weighted by atomic mass is 9.98. The van der Waals surface area contributed by atoms with Crippen LogP contribution < -0.4 is 5.56 Å². The maximum Gasteiger partial charge on any atom is 0.261 e. The normalized spacial score (nSPS) is 14.8. The predicted molar refractivity (Wildman–Crippen MR) is 107 cm³/mol. The summed E-state index contributed by atoms with van der Waals surface area (Å²) in [4.78, 5) is 17.1. The molecule has 0 unspecified atom stereocenters. The summed E-state index contributed by atoms with van der Waals surface area (Å²) < 4.78 is 16.4. The number of pyridine rings is 2. The molecule has 0 atom stereocenters. The molecule has 142 valence electrons. The van der Waals surface area contributed by atoms with Crippen LogP contribution in [0, 0.1) is 17.1 Å². The Bertz CT molecular complexity index is 1120. The van der Waals surface area contributed by atoms with Gasteiger partial charge in [-0.05, 0) is 54.5 Å². The zero-order valence-electron chi connectivity index (χ0n) is 15.9. The molecule has 5 heteroatoms. The molecular formula is C23H22FN3O. The fourth-order valence-electron chi connectivity index (χ4n) is 3.66. The molecule has 1 aliphatic rings. The molecule has 1 fully saturated rings. The van der Waals surface area contributed by atoms with Gasteiger partial charge in [0.05, 0.1) is 22.6 Å². The van der Waals surface area contributed by atoms with Gasteiger partial charge in [0.1, 0.15) is 5.82 Å². The molecule has 1 aromatic carbocycles. The molecule has 0 N–H and O–H groups in total. The molecule has 0 radical (unpaired) electrons. The summed E-state index contributed by atoms with van der Waals surface area (Å²) in [7, 11) is 0. The zero-order chi connectivity index (χ0) is 19.7. The Kier molecular flexibility index (Phi) is 4.72. The second kappa shape index (κ2) is 7.20. The Labute approximate surface area is 163 Å². The van der Waals surface area contributed by atoms with E-state index in [2.05, 4.69) is 18.0 Å². The van der Waals surface area contributed by atoms with E-state index in [1.807, 2.05) is 12.1 Å². The summed E-state index contributed by atoms with van der Waals surface area (Å²) in [6, 6.07) is 11.0. The molecule has 0 bridgehead atoms. The Hall–Kier alpha value is -3.00. The van der Waals surface area contributed by atoms with Crippen LogP contribution in [0.3, 0.4) is 0 Å². The van der Waals surface area contributed by atoms with Gasteiger partial charge in [-0.2, -0.15) is 5.26 Å². The van der Waals surface area contributed by atoms with Crippen molar-refractivity contribution < 1.29 is 4.39 Å². The monoisotopic (exact) mass is 375 g/mol. The molecule has 0 saturated heterocycles. The van der Waals surface area contributed by atoms with E-state index in [0.717, 1.165) is 37.7 Å². The number of hydrogen-bond acceptors (Lipinski definition) is 3. The number of nitrogens with zero attached hydrogens (tertiary/aromatic N) is 3. The number of halogens is 1. The molecule has 4 nitrogen and oxygen atoms in total. The highest BCUT2D eigenvalue weighted by Gasteiger charge is 2.45. The first-order chi connectivity index (χ1) is 13.6. The van der Waals surface area contributed by atoms with Crippen molar-refractivity contribution in [1.82, 2.24) is 9.55 Å². The second-order valence-corrected chi connectivity index (χ2v) is 7.57. The molecule has 1 saturated carbocycles. The maximum atomic E-state index is 14.8. The standard InChI is InChI=1S/C23H22FN3O/c1-2-3-4-10-27-11-7-16-12-17(13-19(24)21(16)22(27)28)20-6-5-18(14-26-20)23(15-25)8-9-23/h5-7,11-14H,2-4,8-10H2,1H3. The van der Waals surface area contributed by atoms with Crippen molar-refractivity contribution in [3.8, 4) is 17.3 Å². The van der Waals surface area contributed by atoms with E-state index in [1.54, 1.807) is 29.1 Å². The third-order valence-electron chi connectivity index (χ3n) is 5.61. The van der Waals surface area contributed by atoms with Crippen molar-refractivity contribution in [2.75, 3.05) is 0 Å². The van der Waals surface area contributed by atoms with Crippen LogP contribution in [-0.4, -0.2) is 9.55 Å². The average molecular weight is 375 g/mol. The zero-order valence-corrected chi connectivity index (χ0v) is 15.9. The van der Waals surface area contributed by atoms with Gasteiger partial charge in [-0.25, -0.2) is 4.39 Å². The van der Waals surface area contributed by atoms with Crippen LogP contribution in [0.5, 0.6) is 0 Å². The minimum absolute atomic E-state index is 0.126. The van der Waals surface area contributed by atoms with Crippen LogP contribution in [-0.2, 0) is 12.0 Å². The Morgan fingerprint density at radius 2 is 2.07 bits per heavy atom. The maximum absolute atomic E-state index is 14.8. The SMILES string of the molecule is CCCCCn1ccc2cc(-c3ccc(C4(C#N)CC4)cn3)cc(F)c2c1=O. The van der Waals surface area contributed by atoms with Crippen molar-refractivity contribution in [2.45, 2.75) is 51.0 Å². The van der Waals surface area contributed by atoms with E-state index in [0.29, 0.717) is 23.2 Å². The molecule has 0 aliphatic heterocycles. The van der Waals surface area contributed by atoms with E-state index >= 15 is 0 Å². The van der Waals surface area contributed by atoms with Gasteiger partial charge >= 0.3 is 0 Å². The quantitative estimate of drug-likeness (QED) is 0.573. The summed E-state index contributed by atoms with van der Waals surface area (Å²) in [5, 5.41) is 10.0. The fraction of sp³-hybridized carbons (Fsp3) is 0.348. The third kappa shape index (κ3) is 3.20. The highest BCUT2D eigenvalue weighted by molar-refractivity contribution is 5.86. The fourth-order valence-corrected chi connectivity index (χ4v) is 3.66. The summed E-state index contributed by atoms with van der Waals surface area (Å²) in [5.74, 6) is -0.524. The molecule has 3 aromatic rings. The van der Waals surface area contributed by atoms with Crippen molar-refractivity contribution in [1.29, 1.82) is 5.26 Å². The summed E-state index contributed by atoms with van der Waals surface area (Å²) in [6.45, 7) is 2.71. The van der Waals surface area contributed by atoms with Crippen LogP contribution in [0.15, 0.2) is 47.5 Å². The number of unbranched alkanes of at least 4 members (excludes halogenated alkanes) is 2. The molecule has 2 heterocycles. The van der Waals surface area contributed by atoms with E-state index < -0.39 is 5.82 Å². The van der Waals surface area contributed by atoms with E-state index in [4.69, 9.17) is 0 Å². The Morgan fingerprint density at radius 1 is 1.25 bits per heavy atom. The van der Waals surface area contributed by atoms with E-state index in [1.165, 1.54) is 6.07 Å². The number of nitriles is 1. The average Bonchev–Trinajstić information content (AvgIpc) is 3.51. The molecule has 28 heavy (non-hydrogen) atoms. The lowest BCUT2D eigenvalue weighted by molar-refractivity contribution is 0.586. The largest absolute Gasteiger partial charge is 0.315 e. The van der Waals surface area contributed by atoms with Gasteiger partial charge in [-0.1, -0.05) is 25.8 Å². The van der Waals surface area contributed by atoms with Gasteiger partial charge in [-0.3, -0.25) is 9.78 Å². The van der Waals surface area contributed by atoms with Gasteiger partial charge in [0.15, 0.2) is 0 Å². The summed E-state index contributed by atoms with van der Waals surface area (Å²) >= 11 is 0. The van der Waals surface area contributed by atoms with Gasteiger partial charge in [0.2, 0.25) is 0 Å². The topological polar surface area (TPSA) is 58.7 Å². The number of rotatable bonds is 6. The lowest BCUT2D eigenvalue weighted by Gasteiger charge is -2.10. The summed E-state index contributed by atoms with van der Waals surface area (Å²) in [6.07, 6.45) is 8.19. The number of hydrogen-bond donors (Lipinski definition) is 0. The predicted octanol–water partition coefficient (Wildman–Crippen LogP) is 4.95. The van der Waals surface area contributed by atoms with Gasteiger partial charge in [-0.15, -0.1) is 0 Å². The summed E-state index contributed by atoms with van der Waals surface area (Å²) in [5.41, 5.74) is 1.50. The van der Waals surface area contributed by atoms with Gasteiger partial charge in [0, 0.05) is 24.5 Å². The third-order valence-corrected chi connectivity index (χ3v) is 5.61. The number of fused-ring (bicyclic) bond motifs is 1. The number of benzene rings is 1. The smallest absolute Gasteiger partial charge is 0.261 e. The first-order valence-corrected chi connectivity index (χ1v) is 9.79. The van der Waals surface area contributed by atoms with E-state index in [9.17, 15) is 14.4 Å². The van der Waals surface area contributed by atoms with Crippen LogP contribution in [0.25, 0.3) is 22.0 Å². The van der Waals surface area contributed by atoms with Crippen molar-refractivity contribution in [3.05, 3.63) is 64.5 Å². The van der Waals surface area contributed by atoms with Crippen LogP contribution in [0.1, 0.15) is 44.6 Å². The van der Waals surface area contributed by atoms with Crippen LogP contribution in [0.4, 0.5) is 4.39 Å². The molecular weight excluding hydrogens is 353 g/mol. The first kappa shape index (κ1) is 18.4. The molecule has 1 aliphatic carbocycles. The molecule has 4 rings (SSSR count). The van der Waals surface area contributed by atoms with Crippen LogP contribution in [0.2, 0.25) is 0 Å². The number of aromatic nitrogens is 2. The van der Waals surface area contributed by atoms with Crippen LogP contribution >= 0.6 is 0 Å². The highest BCUT2D eigenvalue weighted by atomic mass is 19.1. The highest BCUT2D eigenvalue weighted by Crippen LogP contribution is 2.47. The molecule has 0 amide bonds. The van der Waals surface area contributed by atoms with Crippen molar-refractivity contribution in [3.63, 3.8) is 0 Å². The molecule has 0 spiro atoms. The lowest BCUT2D eigenvalue weighted by Crippen LogP contribution is -2.20. The first-order valence-electron chi connectivity index (χ1n) is 9.79. The minimum Gasteiger partial charge on any atom is -0.315 e. The number of aryl methyl sites for hydroxylation is 1. The van der Waals surface area contributed by atoms with Crippen molar-refractivity contribution in [2.24, 2.45) is 0 Å². The Morgan fingerprint density at radius 3 is 2.71 bits per heavy atom. The van der Waals surface area contributed by atoms with Crippen molar-refractivity contribution >= 4 is 10.8 Å². The molecule has 2 aromatic heterocycles. The minimum atomic E-state index is -0.524. The Balaban J connectivity index is 1.69. The van der Waals surface area contributed by atoms with Gasteiger partial charge < -0.3 is 4.57 Å². The van der Waals surface area contributed by atoms with E-state index in [-0.39, 0.29) is 16.4 Å². The second-order valence-electron chi connectivity index (χ2n) is 7.57. The van der Waals surface area contributed by atoms with Gasteiger partial charge in [0.25, 0.3) is 5.56 Å².